The highest BCUT2D eigenvalue weighted by Crippen LogP contribution is 2.56. The van der Waals surface area contributed by atoms with Gasteiger partial charge >= 0.3 is 0 Å². The molecule has 0 radical (unpaired) electrons. The second kappa shape index (κ2) is 7.25. The second-order valence-corrected chi connectivity index (χ2v) is 9.16. The SMILES string of the molecule is COc1ccc(C2C3=CCC4C(=O)N(O)C(=O)C4C3CC3=C2C(=O)C=C(Br)C3=O)c(O)c1. The topological polar surface area (TPSA) is 121 Å². The summed E-state index contributed by atoms with van der Waals surface area (Å²) in [5.74, 6) is -4.67. The van der Waals surface area contributed by atoms with Crippen LogP contribution >= 0.6 is 15.9 Å². The fourth-order valence-corrected chi connectivity index (χ4v) is 5.89. The molecule has 0 spiro atoms. The van der Waals surface area contributed by atoms with Crippen molar-refractivity contribution in [2.45, 2.75) is 18.8 Å². The van der Waals surface area contributed by atoms with Gasteiger partial charge in [0.1, 0.15) is 11.5 Å². The Hall–Kier alpha value is -3.04. The molecule has 0 aromatic heterocycles. The Kier molecular flexibility index (Phi) is 4.72. The summed E-state index contributed by atoms with van der Waals surface area (Å²) < 4.78 is 5.28. The van der Waals surface area contributed by atoms with E-state index in [9.17, 15) is 29.5 Å². The van der Waals surface area contributed by atoms with E-state index in [-0.39, 0.29) is 50.8 Å². The van der Waals surface area contributed by atoms with E-state index in [1.807, 2.05) is 0 Å². The molecule has 3 aliphatic carbocycles. The average Bonchev–Trinajstić information content (AvgIpc) is 3.00. The summed E-state index contributed by atoms with van der Waals surface area (Å²) in [7, 11) is 1.46. The number of phenols is 1. The van der Waals surface area contributed by atoms with Crippen LogP contribution in [0.1, 0.15) is 24.3 Å². The van der Waals surface area contributed by atoms with Crippen molar-refractivity contribution in [1.82, 2.24) is 5.06 Å². The molecule has 1 saturated heterocycles. The molecule has 32 heavy (non-hydrogen) atoms. The number of allylic oxidation sites excluding steroid dienone is 6. The van der Waals surface area contributed by atoms with Gasteiger partial charge < -0.3 is 9.84 Å². The van der Waals surface area contributed by atoms with Gasteiger partial charge in [0.15, 0.2) is 11.6 Å². The first-order chi connectivity index (χ1) is 15.2. The molecule has 1 heterocycles. The lowest BCUT2D eigenvalue weighted by molar-refractivity contribution is -0.173. The number of amides is 2. The zero-order valence-electron chi connectivity index (χ0n) is 16.9. The van der Waals surface area contributed by atoms with Crippen LogP contribution in [0.2, 0.25) is 0 Å². The van der Waals surface area contributed by atoms with Crippen LogP contribution in [-0.4, -0.2) is 45.9 Å². The standard InChI is InChI=1S/C23H18BrNO7/c1-32-9-2-3-11(16(26)6-9)18-10-4-5-12-19(23(30)25(31)22(12)29)13(10)7-14-20(18)17(27)8-15(24)21(14)28/h2-4,6,8,12-13,18-19,26,31H,5,7H2,1H3. The molecule has 1 aromatic carbocycles. The van der Waals surface area contributed by atoms with Crippen molar-refractivity contribution in [3.63, 3.8) is 0 Å². The summed E-state index contributed by atoms with van der Waals surface area (Å²) >= 11 is 3.15. The van der Waals surface area contributed by atoms with Gasteiger partial charge in [0.2, 0.25) is 0 Å². The molecule has 2 N–H and O–H groups in total. The number of aromatic hydroxyl groups is 1. The van der Waals surface area contributed by atoms with Gasteiger partial charge in [0.05, 0.1) is 23.4 Å². The number of carbonyl (C=O) groups is 4. The van der Waals surface area contributed by atoms with Gasteiger partial charge in [-0.1, -0.05) is 17.7 Å². The minimum absolute atomic E-state index is 0.0934. The summed E-state index contributed by atoms with van der Waals surface area (Å²) in [6.07, 6.45) is 3.34. The number of Topliss-reactive ketones (excluding diaryl/α,β-unsaturated/α-hetero) is 1. The normalized spacial score (nSPS) is 29.4. The predicted molar refractivity (Wildman–Crippen MR) is 113 cm³/mol. The number of phenolic OH excluding ortho intramolecular Hbond substituents is 1. The van der Waals surface area contributed by atoms with Crippen molar-refractivity contribution >= 4 is 39.3 Å². The van der Waals surface area contributed by atoms with E-state index >= 15 is 0 Å². The molecule has 1 fully saturated rings. The molecule has 1 aromatic rings. The van der Waals surface area contributed by atoms with Crippen LogP contribution in [0.25, 0.3) is 0 Å². The van der Waals surface area contributed by atoms with E-state index in [0.29, 0.717) is 16.9 Å². The lowest BCUT2D eigenvalue weighted by Crippen LogP contribution is -2.39. The summed E-state index contributed by atoms with van der Waals surface area (Å²) in [6.45, 7) is 0. The van der Waals surface area contributed by atoms with E-state index in [1.54, 1.807) is 18.2 Å². The van der Waals surface area contributed by atoms with Gasteiger partial charge in [-0.25, -0.2) is 0 Å². The molecule has 0 saturated carbocycles. The van der Waals surface area contributed by atoms with Crippen LogP contribution in [0.15, 0.2) is 51.6 Å². The summed E-state index contributed by atoms with van der Waals surface area (Å²) in [5.41, 5.74) is 1.61. The Labute approximate surface area is 190 Å². The van der Waals surface area contributed by atoms with Crippen LogP contribution in [0.3, 0.4) is 0 Å². The maximum Gasteiger partial charge on any atom is 0.257 e. The van der Waals surface area contributed by atoms with Crippen LogP contribution in [-0.2, 0) is 19.2 Å². The molecule has 4 unspecified atom stereocenters. The number of fused-ring (bicyclic) bond motifs is 3. The van der Waals surface area contributed by atoms with Crippen molar-refractivity contribution in [3.8, 4) is 11.5 Å². The van der Waals surface area contributed by atoms with Crippen molar-refractivity contribution in [3.05, 3.63) is 57.1 Å². The number of ether oxygens (including phenoxy) is 1. The van der Waals surface area contributed by atoms with E-state index < -0.39 is 35.5 Å². The number of carbonyl (C=O) groups excluding carboxylic acids is 4. The first kappa shape index (κ1) is 20.8. The third kappa shape index (κ3) is 2.77. The first-order valence-corrected chi connectivity index (χ1v) is 10.9. The van der Waals surface area contributed by atoms with Gasteiger partial charge in [-0.15, -0.1) is 0 Å². The minimum atomic E-state index is -0.836. The van der Waals surface area contributed by atoms with Crippen LogP contribution in [0, 0.1) is 17.8 Å². The summed E-state index contributed by atoms with van der Waals surface area (Å²) in [5, 5.41) is 20.9. The Bertz CT molecular complexity index is 1210. The van der Waals surface area contributed by atoms with E-state index in [4.69, 9.17) is 4.74 Å². The van der Waals surface area contributed by atoms with E-state index in [2.05, 4.69) is 15.9 Å². The highest BCUT2D eigenvalue weighted by molar-refractivity contribution is 9.12. The maximum absolute atomic E-state index is 13.1. The number of hydroxylamine groups is 2. The van der Waals surface area contributed by atoms with Crippen molar-refractivity contribution < 1.29 is 34.2 Å². The molecule has 4 aliphatic rings. The molecule has 4 atom stereocenters. The highest BCUT2D eigenvalue weighted by atomic mass is 79.9. The molecule has 1 aliphatic heterocycles. The first-order valence-electron chi connectivity index (χ1n) is 10.1. The van der Waals surface area contributed by atoms with Crippen LogP contribution < -0.4 is 4.74 Å². The fraction of sp³-hybridized carbons (Fsp3) is 0.304. The zero-order chi connectivity index (χ0) is 22.9. The number of imide groups is 1. The Balaban J connectivity index is 1.72. The Morgan fingerprint density at radius 3 is 2.56 bits per heavy atom. The third-order valence-electron chi connectivity index (χ3n) is 6.86. The number of nitrogens with zero attached hydrogens (tertiary/aromatic N) is 1. The van der Waals surface area contributed by atoms with Crippen LogP contribution in [0.4, 0.5) is 0 Å². The number of hydrogen-bond acceptors (Lipinski definition) is 7. The quantitative estimate of drug-likeness (QED) is 0.277. The molecule has 164 valence electrons. The van der Waals surface area contributed by atoms with Crippen molar-refractivity contribution in [1.29, 1.82) is 0 Å². The van der Waals surface area contributed by atoms with Gasteiger partial charge in [-0.2, -0.15) is 5.06 Å². The number of methoxy groups -OCH3 is 1. The largest absolute Gasteiger partial charge is 0.507 e. The number of rotatable bonds is 2. The van der Waals surface area contributed by atoms with Gasteiger partial charge in [0.25, 0.3) is 11.8 Å². The van der Waals surface area contributed by atoms with Crippen LogP contribution in [0.5, 0.6) is 11.5 Å². The molecular weight excluding hydrogens is 482 g/mol. The zero-order valence-corrected chi connectivity index (χ0v) is 18.5. The fourth-order valence-electron chi connectivity index (χ4n) is 5.44. The molecular formula is C23H18BrNO7. The summed E-state index contributed by atoms with van der Waals surface area (Å²) in [6, 6.07) is 4.70. The predicted octanol–water partition coefficient (Wildman–Crippen LogP) is 2.55. The number of benzene rings is 1. The van der Waals surface area contributed by atoms with Gasteiger partial charge in [0, 0.05) is 34.8 Å². The second-order valence-electron chi connectivity index (χ2n) is 8.31. The Morgan fingerprint density at radius 1 is 1.12 bits per heavy atom. The third-order valence-corrected chi connectivity index (χ3v) is 7.45. The lowest BCUT2D eigenvalue weighted by Gasteiger charge is -2.42. The van der Waals surface area contributed by atoms with Crippen molar-refractivity contribution in [2.24, 2.45) is 17.8 Å². The smallest absolute Gasteiger partial charge is 0.257 e. The minimum Gasteiger partial charge on any atom is -0.507 e. The number of ketones is 2. The highest BCUT2D eigenvalue weighted by Gasteiger charge is 2.56. The molecule has 8 nitrogen and oxygen atoms in total. The molecule has 5 rings (SSSR count). The number of hydrogen-bond donors (Lipinski definition) is 2. The van der Waals surface area contributed by atoms with Gasteiger partial charge in [-0.05, 0) is 40.8 Å². The van der Waals surface area contributed by atoms with Crippen molar-refractivity contribution in [2.75, 3.05) is 7.11 Å². The number of halogens is 1. The maximum atomic E-state index is 13.1. The Morgan fingerprint density at radius 2 is 1.88 bits per heavy atom. The van der Waals surface area contributed by atoms with E-state index in [1.165, 1.54) is 19.3 Å². The molecule has 0 bridgehead atoms. The summed E-state index contributed by atoms with van der Waals surface area (Å²) in [4.78, 5) is 51.2. The molecule has 2 amide bonds. The average molecular weight is 500 g/mol. The van der Waals surface area contributed by atoms with Gasteiger partial charge in [-0.3, -0.25) is 24.4 Å². The lowest BCUT2D eigenvalue weighted by atomic mass is 9.59. The monoisotopic (exact) mass is 499 g/mol. The molecule has 9 heteroatoms. The van der Waals surface area contributed by atoms with E-state index in [0.717, 1.165) is 0 Å².